The lowest BCUT2D eigenvalue weighted by atomic mass is 9.99. The summed E-state index contributed by atoms with van der Waals surface area (Å²) in [4.78, 5) is 16.9. The molecule has 1 aromatic heterocycles. The minimum atomic E-state index is -0.193. The second-order valence-corrected chi connectivity index (χ2v) is 6.50. The molecule has 0 N–H and O–H groups in total. The van der Waals surface area contributed by atoms with Gasteiger partial charge in [0.25, 0.3) is 0 Å². The summed E-state index contributed by atoms with van der Waals surface area (Å²) in [6, 6.07) is 16.4. The average Bonchev–Trinajstić information content (AvgIpc) is 2.53. The van der Waals surface area contributed by atoms with E-state index in [1.807, 2.05) is 38.1 Å². The number of aromatic nitrogens is 2. The van der Waals surface area contributed by atoms with E-state index >= 15 is 0 Å². The van der Waals surface area contributed by atoms with Gasteiger partial charge in [-0.15, -0.1) is 0 Å². The molecule has 3 heteroatoms. The largest absolute Gasteiger partial charge is 0.348 e. The van der Waals surface area contributed by atoms with Crippen LogP contribution in [0.25, 0.3) is 22.2 Å². The van der Waals surface area contributed by atoms with E-state index in [1.165, 1.54) is 5.56 Å². The van der Waals surface area contributed by atoms with Crippen molar-refractivity contribution in [2.24, 2.45) is 0 Å². The second-order valence-electron chi connectivity index (χ2n) is 6.50. The molecule has 23 heavy (non-hydrogen) atoms. The van der Waals surface area contributed by atoms with Gasteiger partial charge in [-0.25, -0.2) is 4.79 Å². The zero-order chi connectivity index (χ0) is 16.6. The van der Waals surface area contributed by atoms with Crippen molar-refractivity contribution in [2.45, 2.75) is 39.7 Å². The molecule has 118 valence electrons. The van der Waals surface area contributed by atoms with Gasteiger partial charge in [-0.05, 0) is 31.4 Å². The summed E-state index contributed by atoms with van der Waals surface area (Å²) in [6.07, 6.45) is 0. The molecule has 0 spiro atoms. The molecule has 0 saturated heterocycles. The molecule has 3 rings (SSSR count). The van der Waals surface area contributed by atoms with E-state index in [-0.39, 0.29) is 11.7 Å². The van der Waals surface area contributed by atoms with Gasteiger partial charge < -0.3 is 0 Å². The van der Waals surface area contributed by atoms with Gasteiger partial charge in [-0.1, -0.05) is 56.3 Å². The van der Waals surface area contributed by atoms with Gasteiger partial charge in [0, 0.05) is 17.0 Å². The summed E-state index contributed by atoms with van der Waals surface area (Å²) in [5, 5.41) is 1.01. The molecule has 0 amide bonds. The summed E-state index contributed by atoms with van der Waals surface area (Å²) in [5.74, 6) is 0.489. The Morgan fingerprint density at radius 2 is 1.57 bits per heavy atom. The van der Waals surface area contributed by atoms with Crippen LogP contribution < -0.4 is 5.69 Å². The highest BCUT2D eigenvalue weighted by molar-refractivity contribution is 5.92. The monoisotopic (exact) mass is 306 g/mol. The molecule has 1 heterocycles. The Kier molecular flexibility index (Phi) is 4.03. The fraction of sp³-hybridized carbons (Fsp3) is 0.300. The molecule has 0 bridgehead atoms. The highest BCUT2D eigenvalue weighted by atomic mass is 16.1. The first-order valence-electron chi connectivity index (χ1n) is 8.10. The highest BCUT2D eigenvalue weighted by Crippen LogP contribution is 2.27. The Morgan fingerprint density at radius 1 is 0.913 bits per heavy atom. The van der Waals surface area contributed by atoms with Crippen molar-refractivity contribution in [3.63, 3.8) is 0 Å². The van der Waals surface area contributed by atoms with Crippen LogP contribution in [0.4, 0.5) is 0 Å². The van der Waals surface area contributed by atoms with Crippen LogP contribution in [0, 0.1) is 0 Å². The molecular formula is C20H22N2O. The summed E-state index contributed by atoms with van der Waals surface area (Å²) >= 11 is 0. The van der Waals surface area contributed by atoms with Crippen molar-refractivity contribution in [3.8, 4) is 11.3 Å². The zero-order valence-electron chi connectivity index (χ0n) is 14.1. The molecule has 0 aliphatic heterocycles. The molecular weight excluding hydrogens is 284 g/mol. The molecule has 0 aliphatic carbocycles. The van der Waals surface area contributed by atoms with Crippen LogP contribution in [0.15, 0.2) is 53.3 Å². The van der Waals surface area contributed by atoms with Crippen molar-refractivity contribution >= 4 is 10.9 Å². The van der Waals surface area contributed by atoms with Gasteiger partial charge in [0.1, 0.15) is 0 Å². The van der Waals surface area contributed by atoms with Gasteiger partial charge in [0.05, 0.1) is 11.2 Å². The van der Waals surface area contributed by atoms with Crippen molar-refractivity contribution in [1.82, 2.24) is 9.55 Å². The summed E-state index contributed by atoms with van der Waals surface area (Å²) in [6.45, 7) is 8.36. The minimum Gasteiger partial charge on any atom is -0.289 e. The Bertz CT molecular complexity index is 890. The quantitative estimate of drug-likeness (QED) is 0.698. The predicted molar refractivity (Wildman–Crippen MR) is 95.9 cm³/mol. The van der Waals surface area contributed by atoms with Crippen LogP contribution in [0.3, 0.4) is 0 Å². The molecule has 0 saturated carbocycles. The maximum atomic E-state index is 12.5. The molecule has 0 radical (unpaired) electrons. The number of para-hydroxylation sites is 1. The smallest absolute Gasteiger partial charge is 0.289 e. The van der Waals surface area contributed by atoms with Crippen LogP contribution in [-0.2, 0) is 0 Å². The molecule has 2 aromatic carbocycles. The first-order chi connectivity index (χ1) is 11.0. The zero-order valence-corrected chi connectivity index (χ0v) is 14.1. The van der Waals surface area contributed by atoms with Crippen molar-refractivity contribution in [2.75, 3.05) is 0 Å². The number of fused-ring (bicyclic) bond motifs is 1. The number of hydrogen-bond donors (Lipinski definition) is 0. The second kappa shape index (κ2) is 5.99. The standard InChI is InChI=1S/C20H22N2O/c1-13(2)15-9-11-16(12-10-15)19-17-7-5-6-8-18(17)22(14(3)4)20(23)21-19/h5-14H,1-4H3. The van der Waals surface area contributed by atoms with E-state index in [9.17, 15) is 4.79 Å². The Balaban J connectivity index is 2.26. The Morgan fingerprint density at radius 3 is 2.17 bits per heavy atom. The van der Waals surface area contributed by atoms with Gasteiger partial charge in [0.15, 0.2) is 0 Å². The Labute approximate surface area is 136 Å². The Hall–Kier alpha value is -2.42. The third-order valence-corrected chi connectivity index (χ3v) is 4.20. The average molecular weight is 306 g/mol. The van der Waals surface area contributed by atoms with Gasteiger partial charge >= 0.3 is 5.69 Å². The maximum Gasteiger partial charge on any atom is 0.348 e. The highest BCUT2D eigenvalue weighted by Gasteiger charge is 2.13. The fourth-order valence-electron chi connectivity index (χ4n) is 2.94. The third-order valence-electron chi connectivity index (χ3n) is 4.20. The molecule has 0 atom stereocenters. The van der Waals surface area contributed by atoms with Crippen molar-refractivity contribution < 1.29 is 0 Å². The first-order valence-corrected chi connectivity index (χ1v) is 8.10. The van der Waals surface area contributed by atoms with Crippen LogP contribution in [0.5, 0.6) is 0 Å². The van der Waals surface area contributed by atoms with Crippen LogP contribution in [-0.4, -0.2) is 9.55 Å². The molecule has 3 aromatic rings. The SMILES string of the molecule is CC(C)c1ccc(-c2nc(=O)n(C(C)C)c3ccccc23)cc1. The lowest BCUT2D eigenvalue weighted by Crippen LogP contribution is -2.25. The fourth-order valence-corrected chi connectivity index (χ4v) is 2.94. The van der Waals surface area contributed by atoms with E-state index in [0.717, 1.165) is 22.2 Å². The third kappa shape index (κ3) is 2.79. The van der Waals surface area contributed by atoms with E-state index < -0.39 is 0 Å². The number of rotatable bonds is 3. The first kappa shape index (κ1) is 15.5. The predicted octanol–water partition coefficient (Wildman–Crippen LogP) is 4.77. The number of hydrogen-bond acceptors (Lipinski definition) is 2. The molecule has 0 unspecified atom stereocenters. The summed E-state index contributed by atoms with van der Waals surface area (Å²) < 4.78 is 1.75. The molecule has 0 fully saturated rings. The normalized spacial score (nSPS) is 11.6. The lowest BCUT2D eigenvalue weighted by molar-refractivity contribution is 0.587. The summed E-state index contributed by atoms with van der Waals surface area (Å²) in [7, 11) is 0. The number of benzene rings is 2. The lowest BCUT2D eigenvalue weighted by Gasteiger charge is -2.15. The van der Waals surface area contributed by atoms with E-state index in [4.69, 9.17) is 0 Å². The van der Waals surface area contributed by atoms with Crippen LogP contribution in [0.2, 0.25) is 0 Å². The van der Waals surface area contributed by atoms with E-state index in [2.05, 4.69) is 43.1 Å². The molecule has 0 aliphatic rings. The number of nitrogens with zero attached hydrogens (tertiary/aromatic N) is 2. The van der Waals surface area contributed by atoms with Crippen LogP contribution in [0.1, 0.15) is 45.2 Å². The van der Waals surface area contributed by atoms with Crippen molar-refractivity contribution in [1.29, 1.82) is 0 Å². The summed E-state index contributed by atoms with van der Waals surface area (Å²) in [5.41, 5.74) is 3.78. The van der Waals surface area contributed by atoms with Crippen molar-refractivity contribution in [3.05, 3.63) is 64.6 Å². The van der Waals surface area contributed by atoms with Gasteiger partial charge in [0.2, 0.25) is 0 Å². The topological polar surface area (TPSA) is 34.9 Å². The van der Waals surface area contributed by atoms with E-state index in [1.54, 1.807) is 4.57 Å². The molecule has 3 nitrogen and oxygen atoms in total. The van der Waals surface area contributed by atoms with Crippen LogP contribution >= 0.6 is 0 Å². The van der Waals surface area contributed by atoms with Gasteiger partial charge in [-0.3, -0.25) is 4.57 Å². The van der Waals surface area contributed by atoms with Gasteiger partial charge in [-0.2, -0.15) is 4.98 Å². The van der Waals surface area contributed by atoms with E-state index in [0.29, 0.717) is 5.92 Å². The maximum absolute atomic E-state index is 12.5. The minimum absolute atomic E-state index is 0.0808.